The van der Waals surface area contributed by atoms with Crippen molar-refractivity contribution in [2.45, 2.75) is 9.84 Å². The minimum atomic E-state index is -3.60. The standard InChI is InChI=1S/C20H17Br2O3P/c21-19(16-10-4-1-5-11-16)20(22)25-26(23,18-14-8-3-9-15-18)24-17-12-6-2-7-13-17/h1-15,19-20H. The van der Waals surface area contributed by atoms with E-state index in [1.165, 1.54) is 0 Å². The molecule has 0 saturated heterocycles. The Labute approximate surface area is 170 Å². The predicted octanol–water partition coefficient (Wildman–Crippen LogP) is 6.46. The summed E-state index contributed by atoms with van der Waals surface area (Å²) in [5, 5.41) is -0.0549. The van der Waals surface area contributed by atoms with Crippen molar-refractivity contribution in [2.24, 2.45) is 0 Å². The zero-order valence-corrected chi connectivity index (χ0v) is 17.8. The number of rotatable bonds is 7. The van der Waals surface area contributed by atoms with Crippen molar-refractivity contribution in [1.29, 1.82) is 0 Å². The van der Waals surface area contributed by atoms with Gasteiger partial charge < -0.3 is 4.52 Å². The molecule has 3 rings (SSSR count). The first-order valence-corrected chi connectivity index (χ1v) is 11.4. The van der Waals surface area contributed by atoms with Crippen molar-refractivity contribution in [2.75, 3.05) is 0 Å². The molecule has 3 aromatic rings. The van der Waals surface area contributed by atoms with E-state index >= 15 is 0 Å². The van der Waals surface area contributed by atoms with Gasteiger partial charge in [-0.05, 0) is 29.8 Å². The van der Waals surface area contributed by atoms with Gasteiger partial charge in [0.15, 0.2) is 0 Å². The monoisotopic (exact) mass is 494 g/mol. The summed E-state index contributed by atoms with van der Waals surface area (Å²) in [6.45, 7) is 0. The molecule has 3 aromatic carbocycles. The first-order valence-electron chi connectivity index (χ1n) is 8.00. The van der Waals surface area contributed by atoms with Crippen LogP contribution in [-0.4, -0.2) is 5.01 Å². The van der Waals surface area contributed by atoms with E-state index in [1.807, 2.05) is 66.7 Å². The highest BCUT2D eigenvalue weighted by atomic mass is 79.9. The molecule has 0 saturated carbocycles. The smallest absolute Gasteiger partial charge is 0.411 e. The second-order valence-electron chi connectivity index (χ2n) is 5.51. The van der Waals surface area contributed by atoms with Gasteiger partial charge in [0, 0.05) is 0 Å². The van der Waals surface area contributed by atoms with E-state index in [-0.39, 0.29) is 4.83 Å². The van der Waals surface area contributed by atoms with Crippen LogP contribution in [0.3, 0.4) is 0 Å². The molecule has 3 atom stereocenters. The highest BCUT2D eigenvalue weighted by Crippen LogP contribution is 2.51. The van der Waals surface area contributed by atoms with Crippen LogP contribution in [-0.2, 0) is 9.09 Å². The lowest BCUT2D eigenvalue weighted by atomic mass is 10.2. The van der Waals surface area contributed by atoms with Crippen LogP contribution >= 0.6 is 39.5 Å². The number of alkyl halides is 2. The largest absolute Gasteiger partial charge is 0.421 e. The zero-order valence-electron chi connectivity index (χ0n) is 13.7. The van der Waals surface area contributed by atoms with E-state index in [4.69, 9.17) is 9.05 Å². The van der Waals surface area contributed by atoms with Crippen LogP contribution < -0.4 is 9.83 Å². The summed E-state index contributed by atoms with van der Waals surface area (Å²) in [4.78, 5) is -0.194. The molecule has 0 aliphatic heterocycles. The zero-order chi connectivity index (χ0) is 18.4. The summed E-state index contributed by atoms with van der Waals surface area (Å²) in [5.74, 6) is 0.491. The second kappa shape index (κ2) is 9.01. The maximum Gasteiger partial charge on any atom is 0.411 e. The number of hydrogen-bond acceptors (Lipinski definition) is 3. The van der Waals surface area contributed by atoms with Crippen LogP contribution in [0.15, 0.2) is 91.0 Å². The molecular weight excluding hydrogens is 479 g/mol. The minimum Gasteiger partial charge on any atom is -0.421 e. The maximum absolute atomic E-state index is 13.6. The summed E-state index contributed by atoms with van der Waals surface area (Å²) in [7, 11) is -3.60. The summed E-state index contributed by atoms with van der Waals surface area (Å²) < 4.78 is 25.4. The van der Waals surface area contributed by atoms with Crippen molar-refractivity contribution in [3.8, 4) is 5.75 Å². The number of hydrogen-bond donors (Lipinski definition) is 0. The highest BCUT2D eigenvalue weighted by Gasteiger charge is 2.35. The topological polar surface area (TPSA) is 35.5 Å². The van der Waals surface area contributed by atoms with Gasteiger partial charge in [-0.25, -0.2) is 4.57 Å². The third kappa shape index (κ3) is 4.86. The molecule has 0 aromatic heterocycles. The number of halogens is 2. The Morgan fingerprint density at radius 1 is 0.731 bits per heavy atom. The SMILES string of the molecule is O=P(Oc1ccccc1)(OC(Br)C(Br)c1ccccc1)c1ccccc1. The van der Waals surface area contributed by atoms with Gasteiger partial charge in [0.25, 0.3) is 0 Å². The molecule has 0 bridgehead atoms. The van der Waals surface area contributed by atoms with Crippen LogP contribution in [0.1, 0.15) is 10.4 Å². The molecule has 0 N–H and O–H groups in total. The highest BCUT2D eigenvalue weighted by molar-refractivity contribution is 9.12. The van der Waals surface area contributed by atoms with E-state index < -0.39 is 12.6 Å². The lowest BCUT2D eigenvalue weighted by Gasteiger charge is -2.25. The summed E-state index contributed by atoms with van der Waals surface area (Å²) >= 11 is 7.12. The van der Waals surface area contributed by atoms with E-state index in [0.717, 1.165) is 5.56 Å². The van der Waals surface area contributed by atoms with Crippen LogP contribution in [0.5, 0.6) is 5.75 Å². The minimum absolute atomic E-state index is 0.194. The molecule has 0 aliphatic rings. The summed E-state index contributed by atoms with van der Waals surface area (Å²) in [5.41, 5.74) is 1.01. The Hall–Kier alpha value is -1.39. The van der Waals surface area contributed by atoms with Crippen molar-refractivity contribution in [3.63, 3.8) is 0 Å². The fraction of sp³-hybridized carbons (Fsp3) is 0.100. The van der Waals surface area contributed by atoms with Gasteiger partial charge in [0.2, 0.25) is 0 Å². The first kappa shape index (κ1) is 19.4. The van der Waals surface area contributed by atoms with Crippen molar-refractivity contribution in [3.05, 3.63) is 96.6 Å². The fourth-order valence-electron chi connectivity index (χ4n) is 2.34. The Bertz CT molecular complexity index is 860. The van der Waals surface area contributed by atoms with Gasteiger partial charge in [-0.3, -0.25) is 4.52 Å². The third-order valence-electron chi connectivity index (χ3n) is 3.63. The number of para-hydroxylation sites is 1. The molecule has 0 spiro atoms. The molecule has 3 nitrogen and oxygen atoms in total. The van der Waals surface area contributed by atoms with Gasteiger partial charge >= 0.3 is 7.60 Å². The maximum atomic E-state index is 13.6. The lowest BCUT2D eigenvalue weighted by molar-refractivity contribution is 0.256. The Morgan fingerprint density at radius 2 is 1.23 bits per heavy atom. The molecule has 0 amide bonds. The first-order chi connectivity index (χ1) is 12.6. The van der Waals surface area contributed by atoms with E-state index in [1.54, 1.807) is 24.3 Å². The van der Waals surface area contributed by atoms with E-state index in [0.29, 0.717) is 11.1 Å². The van der Waals surface area contributed by atoms with Crippen LogP contribution in [0.2, 0.25) is 0 Å². The molecule has 26 heavy (non-hydrogen) atoms. The Balaban J connectivity index is 1.87. The fourth-order valence-corrected chi connectivity index (χ4v) is 5.48. The van der Waals surface area contributed by atoms with Crippen molar-refractivity contribution in [1.82, 2.24) is 0 Å². The normalized spacial score (nSPS) is 15.6. The summed E-state index contributed by atoms with van der Waals surface area (Å²) in [6.07, 6.45) is 0. The molecular formula is C20H17Br2O3P. The Kier molecular flexibility index (Phi) is 6.71. The van der Waals surface area contributed by atoms with Gasteiger partial charge in [0.1, 0.15) is 10.8 Å². The van der Waals surface area contributed by atoms with Crippen molar-refractivity contribution < 1.29 is 13.6 Å². The van der Waals surface area contributed by atoms with Gasteiger partial charge in [-0.1, -0.05) is 98.6 Å². The predicted molar refractivity (Wildman–Crippen MR) is 113 cm³/mol. The van der Waals surface area contributed by atoms with Crippen LogP contribution in [0.4, 0.5) is 0 Å². The van der Waals surface area contributed by atoms with E-state index in [9.17, 15) is 4.57 Å². The van der Waals surface area contributed by atoms with Crippen molar-refractivity contribution >= 4 is 44.8 Å². The third-order valence-corrected chi connectivity index (χ3v) is 8.24. The molecule has 0 radical (unpaired) electrons. The average Bonchev–Trinajstić information content (AvgIpc) is 2.69. The molecule has 134 valence electrons. The summed E-state index contributed by atoms with van der Waals surface area (Å²) in [6, 6.07) is 27.8. The lowest BCUT2D eigenvalue weighted by Crippen LogP contribution is -2.18. The van der Waals surface area contributed by atoms with Crippen LogP contribution in [0.25, 0.3) is 0 Å². The molecule has 0 heterocycles. The van der Waals surface area contributed by atoms with E-state index in [2.05, 4.69) is 31.9 Å². The van der Waals surface area contributed by atoms with Gasteiger partial charge in [-0.2, -0.15) is 0 Å². The molecule has 0 fully saturated rings. The van der Waals surface area contributed by atoms with Gasteiger partial charge in [0.05, 0.1) is 10.1 Å². The molecule has 3 unspecified atom stereocenters. The molecule has 6 heteroatoms. The second-order valence-corrected chi connectivity index (χ2v) is 9.30. The van der Waals surface area contributed by atoms with Crippen LogP contribution in [0, 0.1) is 0 Å². The average molecular weight is 496 g/mol. The Morgan fingerprint density at radius 3 is 1.81 bits per heavy atom. The molecule has 0 aliphatic carbocycles. The quantitative estimate of drug-likeness (QED) is 0.279. The van der Waals surface area contributed by atoms with Gasteiger partial charge in [-0.15, -0.1) is 0 Å². The number of benzene rings is 3.